The third-order valence-electron chi connectivity index (χ3n) is 14.9. The van der Waals surface area contributed by atoms with E-state index < -0.39 is 5.41 Å². The maximum absolute atomic E-state index is 6.91. The molecule has 0 N–H and O–H groups in total. The Hall–Kier alpha value is -7.94. The summed E-state index contributed by atoms with van der Waals surface area (Å²) in [5.74, 6) is 0. The largest absolute Gasteiger partial charge is 0.456 e. The summed E-state index contributed by atoms with van der Waals surface area (Å²) in [5.41, 5.74) is 22.4. The quantitative estimate of drug-likeness (QED) is 0.176. The molecule has 0 saturated heterocycles. The first kappa shape index (κ1) is 35.6. The van der Waals surface area contributed by atoms with Crippen molar-refractivity contribution < 1.29 is 4.42 Å². The summed E-state index contributed by atoms with van der Waals surface area (Å²) in [5, 5.41) is 4.60. The van der Waals surface area contributed by atoms with Gasteiger partial charge in [0.2, 0.25) is 0 Å². The molecule has 3 aliphatic rings. The Balaban J connectivity index is 1.13. The van der Waals surface area contributed by atoms with E-state index in [4.69, 9.17) is 4.42 Å². The van der Waals surface area contributed by atoms with Crippen LogP contribution < -0.4 is 4.90 Å². The zero-order valence-corrected chi connectivity index (χ0v) is 35.6. The zero-order chi connectivity index (χ0) is 42.3. The molecule has 11 aromatic rings. The van der Waals surface area contributed by atoms with Gasteiger partial charge in [-0.1, -0.05) is 184 Å². The summed E-state index contributed by atoms with van der Waals surface area (Å²) in [6.45, 7) is 4.76. The molecule has 2 nitrogen and oxygen atoms in total. The molecule has 3 aliphatic carbocycles. The zero-order valence-electron chi connectivity index (χ0n) is 35.6. The number of hydrogen-bond donors (Lipinski definition) is 0. The normalized spacial score (nSPS) is 14.3. The molecule has 10 aromatic carbocycles. The molecule has 1 aromatic heterocycles. The number of furan rings is 1. The number of rotatable bonds is 4. The topological polar surface area (TPSA) is 16.4 Å². The van der Waals surface area contributed by atoms with Crippen LogP contribution in [0.15, 0.2) is 217 Å². The number of anilines is 3. The molecule has 0 radical (unpaired) electrons. The van der Waals surface area contributed by atoms with Crippen molar-refractivity contribution in [2.24, 2.45) is 0 Å². The van der Waals surface area contributed by atoms with Crippen LogP contribution in [0.3, 0.4) is 0 Å². The van der Waals surface area contributed by atoms with Gasteiger partial charge in [0.25, 0.3) is 0 Å². The summed E-state index contributed by atoms with van der Waals surface area (Å²) >= 11 is 0. The summed E-state index contributed by atoms with van der Waals surface area (Å²) in [6, 6.07) is 79.1. The van der Waals surface area contributed by atoms with E-state index in [2.05, 4.69) is 231 Å². The highest BCUT2D eigenvalue weighted by Crippen LogP contribution is 2.64. The molecular weight excluding hydrogens is 775 g/mol. The van der Waals surface area contributed by atoms with Gasteiger partial charge in [-0.05, 0) is 126 Å². The number of benzene rings is 10. The lowest BCUT2D eigenvalue weighted by molar-refractivity contribution is 0.660. The Morgan fingerprint density at radius 3 is 1.48 bits per heavy atom. The van der Waals surface area contributed by atoms with Crippen LogP contribution in [0.4, 0.5) is 17.1 Å². The van der Waals surface area contributed by atoms with E-state index in [-0.39, 0.29) is 5.41 Å². The fourth-order valence-electron chi connectivity index (χ4n) is 12.2. The summed E-state index contributed by atoms with van der Waals surface area (Å²) in [6.07, 6.45) is 0. The van der Waals surface area contributed by atoms with Crippen molar-refractivity contribution in [2.75, 3.05) is 4.90 Å². The second kappa shape index (κ2) is 12.8. The fourth-order valence-corrected chi connectivity index (χ4v) is 12.2. The van der Waals surface area contributed by atoms with E-state index in [1.165, 1.54) is 77.5 Å². The molecule has 1 spiro atoms. The Labute approximate surface area is 372 Å². The maximum atomic E-state index is 6.91. The molecule has 0 fully saturated rings. The van der Waals surface area contributed by atoms with Gasteiger partial charge in [-0.25, -0.2) is 0 Å². The Morgan fingerprint density at radius 2 is 0.828 bits per heavy atom. The van der Waals surface area contributed by atoms with Crippen molar-refractivity contribution in [2.45, 2.75) is 24.7 Å². The van der Waals surface area contributed by atoms with Crippen LogP contribution >= 0.6 is 0 Å². The van der Waals surface area contributed by atoms with Gasteiger partial charge in [-0.3, -0.25) is 0 Å². The Morgan fingerprint density at radius 1 is 0.359 bits per heavy atom. The standard InChI is InChI=1S/C62H41NO/c1-61(2)50-24-12-8-20-44(50)48-31-29-40(36-54(48)61)63(60-43(38-16-4-3-5-17-38)33-35-57-59(60)58-42-19-7-6-18-39(42)28-34-56(58)64-57)41-30-32-49-47-23-11-15-27-53(47)62(55(49)37-41)51-25-13-9-21-45(51)46-22-10-14-26-52(46)62/h3-37H,1-2H3. The molecule has 0 amide bonds. The molecule has 0 aliphatic heterocycles. The summed E-state index contributed by atoms with van der Waals surface area (Å²) in [7, 11) is 0. The van der Waals surface area contributed by atoms with Gasteiger partial charge < -0.3 is 9.32 Å². The Kier molecular flexibility index (Phi) is 7.13. The van der Waals surface area contributed by atoms with Gasteiger partial charge in [0, 0.05) is 27.7 Å². The first-order valence-corrected chi connectivity index (χ1v) is 22.4. The molecule has 0 unspecified atom stereocenters. The number of hydrogen-bond acceptors (Lipinski definition) is 2. The lowest BCUT2D eigenvalue weighted by Crippen LogP contribution is -2.26. The van der Waals surface area contributed by atoms with E-state index in [0.717, 1.165) is 50.1 Å². The summed E-state index contributed by atoms with van der Waals surface area (Å²) in [4.78, 5) is 2.56. The van der Waals surface area contributed by atoms with Crippen LogP contribution in [0.2, 0.25) is 0 Å². The molecule has 0 atom stereocenters. The molecule has 64 heavy (non-hydrogen) atoms. The molecular formula is C62H41NO. The van der Waals surface area contributed by atoms with Crippen LogP contribution in [-0.2, 0) is 10.8 Å². The third-order valence-corrected chi connectivity index (χ3v) is 14.9. The van der Waals surface area contributed by atoms with Crippen LogP contribution in [-0.4, -0.2) is 0 Å². The minimum atomic E-state index is -0.491. The van der Waals surface area contributed by atoms with Crippen molar-refractivity contribution in [1.82, 2.24) is 0 Å². The predicted molar refractivity (Wildman–Crippen MR) is 265 cm³/mol. The lowest BCUT2D eigenvalue weighted by atomic mass is 9.70. The van der Waals surface area contributed by atoms with E-state index >= 15 is 0 Å². The van der Waals surface area contributed by atoms with Crippen LogP contribution in [0.1, 0.15) is 47.2 Å². The predicted octanol–water partition coefficient (Wildman–Crippen LogP) is 16.5. The van der Waals surface area contributed by atoms with Gasteiger partial charge in [0.05, 0.1) is 16.5 Å². The van der Waals surface area contributed by atoms with E-state index in [0.29, 0.717) is 0 Å². The van der Waals surface area contributed by atoms with Crippen molar-refractivity contribution >= 4 is 49.8 Å². The van der Waals surface area contributed by atoms with E-state index in [9.17, 15) is 0 Å². The van der Waals surface area contributed by atoms with Crippen LogP contribution in [0.5, 0.6) is 0 Å². The first-order chi connectivity index (χ1) is 31.5. The van der Waals surface area contributed by atoms with Gasteiger partial charge in [0.1, 0.15) is 11.2 Å². The molecule has 1 heterocycles. The number of fused-ring (bicyclic) bond motifs is 18. The molecule has 14 rings (SSSR count). The minimum absolute atomic E-state index is 0.193. The van der Waals surface area contributed by atoms with Crippen LogP contribution in [0.25, 0.3) is 77.2 Å². The Bertz CT molecular complexity index is 3710. The van der Waals surface area contributed by atoms with Crippen molar-refractivity contribution in [1.29, 1.82) is 0 Å². The third kappa shape index (κ3) is 4.54. The second-order valence-corrected chi connectivity index (χ2v) is 18.3. The SMILES string of the molecule is CC1(C)c2ccccc2-c2ccc(N(c3ccc4c(c3)C3(c5ccccc5-c5ccccc53)c3ccccc3-4)c3c(-c4ccccc4)ccc4oc5ccc6ccccc6c5c34)cc21. The molecule has 0 bridgehead atoms. The van der Waals surface area contributed by atoms with Crippen molar-refractivity contribution in [3.63, 3.8) is 0 Å². The second-order valence-electron chi connectivity index (χ2n) is 18.3. The minimum Gasteiger partial charge on any atom is -0.456 e. The molecule has 300 valence electrons. The number of nitrogens with zero attached hydrogens (tertiary/aromatic N) is 1. The first-order valence-electron chi connectivity index (χ1n) is 22.4. The van der Waals surface area contributed by atoms with Gasteiger partial charge in [-0.2, -0.15) is 0 Å². The van der Waals surface area contributed by atoms with Gasteiger partial charge in [0.15, 0.2) is 0 Å². The molecule has 2 heteroatoms. The van der Waals surface area contributed by atoms with Crippen molar-refractivity contribution in [3.05, 3.63) is 246 Å². The smallest absolute Gasteiger partial charge is 0.137 e. The average Bonchev–Trinajstić information content (AvgIpc) is 4.04. The van der Waals surface area contributed by atoms with E-state index in [1.807, 2.05) is 0 Å². The lowest BCUT2D eigenvalue weighted by Gasteiger charge is -2.33. The monoisotopic (exact) mass is 815 g/mol. The van der Waals surface area contributed by atoms with Crippen molar-refractivity contribution in [3.8, 4) is 44.5 Å². The van der Waals surface area contributed by atoms with Gasteiger partial charge >= 0.3 is 0 Å². The maximum Gasteiger partial charge on any atom is 0.137 e. The highest BCUT2D eigenvalue weighted by Gasteiger charge is 2.51. The highest BCUT2D eigenvalue weighted by atomic mass is 16.3. The summed E-state index contributed by atoms with van der Waals surface area (Å²) < 4.78 is 6.91. The average molecular weight is 816 g/mol. The highest BCUT2D eigenvalue weighted by molar-refractivity contribution is 6.25. The van der Waals surface area contributed by atoms with E-state index in [1.54, 1.807) is 0 Å². The van der Waals surface area contributed by atoms with Crippen LogP contribution in [0, 0.1) is 0 Å². The fraction of sp³-hybridized carbons (Fsp3) is 0.0645. The molecule has 0 saturated carbocycles. The van der Waals surface area contributed by atoms with Gasteiger partial charge in [-0.15, -0.1) is 0 Å².